The van der Waals surface area contributed by atoms with E-state index in [2.05, 4.69) is 4.99 Å². The molecule has 3 nitrogen and oxygen atoms in total. The molecule has 0 saturated heterocycles. The molecule has 0 bridgehead atoms. The molecule has 0 unspecified atom stereocenters. The molecule has 0 aromatic heterocycles. The van der Waals surface area contributed by atoms with Gasteiger partial charge in [-0.1, -0.05) is 26.8 Å². The van der Waals surface area contributed by atoms with Crippen LogP contribution in [-0.2, 0) is 0 Å². The Bertz CT molecular complexity index is 441. The zero-order chi connectivity index (χ0) is 13.8. The van der Waals surface area contributed by atoms with E-state index in [-0.39, 0.29) is 22.9 Å². The molecule has 0 aliphatic carbocycles. The molecule has 0 radical (unpaired) electrons. The van der Waals surface area contributed by atoms with Gasteiger partial charge in [0.15, 0.2) is 11.6 Å². The van der Waals surface area contributed by atoms with Crippen LogP contribution in [0.25, 0.3) is 0 Å². The summed E-state index contributed by atoms with van der Waals surface area (Å²) in [5.41, 5.74) is 5.84. The Balaban J connectivity index is 3.01. The molecule has 2 N–H and O–H groups in total. The molecule has 1 aromatic rings. The summed E-state index contributed by atoms with van der Waals surface area (Å²) in [5, 5.41) is 0. The molecule has 0 aliphatic heterocycles. The van der Waals surface area contributed by atoms with Crippen molar-refractivity contribution in [1.82, 2.24) is 0 Å². The Morgan fingerprint density at radius 1 is 1.44 bits per heavy atom. The van der Waals surface area contributed by atoms with E-state index in [1.165, 1.54) is 6.07 Å². The third-order valence-corrected chi connectivity index (χ3v) is 2.27. The molecule has 0 amide bonds. The van der Waals surface area contributed by atoms with E-state index < -0.39 is 5.82 Å². The molecule has 0 saturated carbocycles. The number of para-hydroxylation sites is 1. The highest BCUT2D eigenvalue weighted by Gasteiger charge is 2.15. The summed E-state index contributed by atoms with van der Waals surface area (Å²) >= 11 is 5.55. The van der Waals surface area contributed by atoms with E-state index in [9.17, 15) is 4.39 Å². The minimum Gasteiger partial charge on any atom is -0.488 e. The number of alkyl halides is 1. The van der Waals surface area contributed by atoms with E-state index in [1.807, 2.05) is 20.8 Å². The highest BCUT2D eigenvalue weighted by molar-refractivity contribution is 6.28. The maximum absolute atomic E-state index is 13.7. The fourth-order valence-corrected chi connectivity index (χ4v) is 1.26. The Morgan fingerprint density at radius 3 is 2.67 bits per heavy atom. The van der Waals surface area contributed by atoms with Crippen LogP contribution in [0.2, 0.25) is 0 Å². The summed E-state index contributed by atoms with van der Waals surface area (Å²) in [6.07, 6.45) is 0. The lowest BCUT2D eigenvalue weighted by Crippen LogP contribution is -2.17. The van der Waals surface area contributed by atoms with Gasteiger partial charge in [0.25, 0.3) is 0 Å². The third kappa shape index (κ3) is 4.53. The number of benzene rings is 1. The molecule has 1 aromatic carbocycles. The van der Waals surface area contributed by atoms with Gasteiger partial charge in [-0.3, -0.25) is 0 Å². The van der Waals surface area contributed by atoms with Crippen LogP contribution in [0, 0.1) is 11.2 Å². The van der Waals surface area contributed by atoms with Crippen molar-refractivity contribution in [3.63, 3.8) is 0 Å². The number of rotatable bonds is 4. The Labute approximate surface area is 112 Å². The van der Waals surface area contributed by atoms with Crippen molar-refractivity contribution in [2.75, 3.05) is 12.5 Å². The smallest absolute Gasteiger partial charge is 0.180 e. The number of halogens is 2. The quantitative estimate of drug-likeness (QED) is 0.518. The van der Waals surface area contributed by atoms with Crippen molar-refractivity contribution in [3.8, 4) is 5.75 Å². The molecule has 5 heteroatoms. The van der Waals surface area contributed by atoms with Gasteiger partial charge in [-0.15, -0.1) is 11.6 Å². The van der Waals surface area contributed by atoms with Crippen molar-refractivity contribution in [1.29, 1.82) is 0 Å². The molecular formula is C13H18ClFN2O. The fraction of sp³-hybridized carbons (Fsp3) is 0.462. The second-order valence-corrected chi connectivity index (χ2v) is 5.44. The first-order valence-electron chi connectivity index (χ1n) is 5.64. The molecule has 0 heterocycles. The Hall–Kier alpha value is -1.29. The molecule has 0 fully saturated rings. The van der Waals surface area contributed by atoms with Crippen LogP contribution < -0.4 is 10.5 Å². The third-order valence-electron chi connectivity index (χ3n) is 2.00. The predicted octanol–water partition coefficient (Wildman–Crippen LogP) is 3.48. The second kappa shape index (κ2) is 6.05. The molecule has 18 heavy (non-hydrogen) atoms. The minimum absolute atomic E-state index is 0.0682. The topological polar surface area (TPSA) is 47.6 Å². The monoisotopic (exact) mass is 272 g/mol. The van der Waals surface area contributed by atoms with Crippen LogP contribution in [0.5, 0.6) is 5.75 Å². The van der Waals surface area contributed by atoms with E-state index in [0.717, 1.165) is 0 Å². The van der Waals surface area contributed by atoms with E-state index >= 15 is 0 Å². The van der Waals surface area contributed by atoms with E-state index in [1.54, 1.807) is 12.1 Å². The van der Waals surface area contributed by atoms with Gasteiger partial charge in [-0.2, -0.15) is 0 Å². The van der Waals surface area contributed by atoms with Crippen molar-refractivity contribution >= 4 is 23.1 Å². The van der Waals surface area contributed by atoms with Crippen molar-refractivity contribution in [2.45, 2.75) is 20.8 Å². The van der Waals surface area contributed by atoms with Gasteiger partial charge in [-0.05, 0) is 17.5 Å². The van der Waals surface area contributed by atoms with Gasteiger partial charge in [0, 0.05) is 0 Å². The van der Waals surface area contributed by atoms with Gasteiger partial charge in [0.2, 0.25) is 0 Å². The predicted molar refractivity (Wildman–Crippen MR) is 73.4 cm³/mol. The lowest BCUT2D eigenvalue weighted by molar-refractivity contribution is 0.192. The first-order valence-corrected chi connectivity index (χ1v) is 6.17. The van der Waals surface area contributed by atoms with Gasteiger partial charge in [0.1, 0.15) is 11.5 Å². The van der Waals surface area contributed by atoms with Crippen molar-refractivity contribution < 1.29 is 9.13 Å². The number of ether oxygens (including phenoxy) is 1. The standard InChI is InChI=1S/C13H18ClFN2O/c1-13(2,3)8-18-12-9(15)5-4-6-10(12)17-11(16)7-14/h4-6H,7-8H2,1-3H3,(H2,16,17). The highest BCUT2D eigenvalue weighted by atomic mass is 35.5. The number of hydrogen-bond acceptors (Lipinski definition) is 2. The Morgan fingerprint density at radius 2 is 2.11 bits per heavy atom. The maximum atomic E-state index is 13.7. The molecule has 0 aliphatic rings. The average Bonchev–Trinajstić information content (AvgIpc) is 2.26. The summed E-state index contributed by atoms with van der Waals surface area (Å²) in [6, 6.07) is 4.52. The van der Waals surface area contributed by atoms with E-state index in [4.69, 9.17) is 22.1 Å². The molecule has 100 valence electrons. The first-order chi connectivity index (χ1) is 8.33. The number of nitrogens with two attached hydrogens (primary N) is 1. The zero-order valence-corrected chi connectivity index (χ0v) is 11.6. The van der Waals surface area contributed by atoms with Gasteiger partial charge < -0.3 is 10.5 Å². The van der Waals surface area contributed by atoms with Crippen LogP contribution in [0.4, 0.5) is 10.1 Å². The van der Waals surface area contributed by atoms with Crippen LogP contribution in [0.3, 0.4) is 0 Å². The molecule has 0 spiro atoms. The summed E-state index contributed by atoms with van der Waals surface area (Å²) in [7, 11) is 0. The highest BCUT2D eigenvalue weighted by Crippen LogP contribution is 2.31. The summed E-state index contributed by atoms with van der Waals surface area (Å²) in [5.74, 6) is -0.0267. The number of aliphatic imine (C=N–C) groups is 1. The lowest BCUT2D eigenvalue weighted by Gasteiger charge is -2.19. The van der Waals surface area contributed by atoms with Gasteiger partial charge in [-0.25, -0.2) is 9.38 Å². The summed E-state index contributed by atoms with van der Waals surface area (Å²) < 4.78 is 19.2. The number of hydrogen-bond donors (Lipinski definition) is 1. The number of amidine groups is 1. The van der Waals surface area contributed by atoms with Crippen LogP contribution in [-0.4, -0.2) is 18.3 Å². The largest absolute Gasteiger partial charge is 0.488 e. The summed E-state index contributed by atoms with van der Waals surface area (Å²) in [4.78, 5) is 4.04. The second-order valence-electron chi connectivity index (χ2n) is 5.17. The molecule has 1 rings (SSSR count). The summed E-state index contributed by atoms with van der Waals surface area (Å²) in [6.45, 7) is 6.40. The fourth-order valence-electron chi connectivity index (χ4n) is 1.20. The van der Waals surface area contributed by atoms with E-state index in [0.29, 0.717) is 12.3 Å². The SMILES string of the molecule is CC(C)(C)COc1c(F)cccc1N=C(N)CCl. The zero-order valence-electron chi connectivity index (χ0n) is 10.8. The molecular weight excluding hydrogens is 255 g/mol. The number of nitrogens with zero attached hydrogens (tertiary/aromatic N) is 1. The normalized spacial score (nSPS) is 12.6. The Kier molecular flexibility index (Phi) is 4.96. The average molecular weight is 273 g/mol. The minimum atomic E-state index is -0.456. The first kappa shape index (κ1) is 14.8. The van der Waals surface area contributed by atoms with Gasteiger partial charge in [0.05, 0.1) is 12.5 Å². The van der Waals surface area contributed by atoms with Crippen LogP contribution >= 0.6 is 11.6 Å². The maximum Gasteiger partial charge on any atom is 0.180 e. The van der Waals surface area contributed by atoms with Crippen molar-refractivity contribution in [2.24, 2.45) is 16.1 Å². The molecule has 0 atom stereocenters. The lowest BCUT2D eigenvalue weighted by atomic mass is 9.99. The van der Waals surface area contributed by atoms with Crippen molar-refractivity contribution in [3.05, 3.63) is 24.0 Å². The van der Waals surface area contributed by atoms with Crippen LogP contribution in [0.15, 0.2) is 23.2 Å². The van der Waals surface area contributed by atoms with Gasteiger partial charge >= 0.3 is 0 Å². The van der Waals surface area contributed by atoms with Crippen LogP contribution in [0.1, 0.15) is 20.8 Å².